The Bertz CT molecular complexity index is 922. The Morgan fingerprint density at radius 2 is 2.04 bits per heavy atom. The summed E-state index contributed by atoms with van der Waals surface area (Å²) in [6.07, 6.45) is 10.4. The van der Waals surface area contributed by atoms with E-state index in [1.165, 1.54) is 6.42 Å². The van der Waals surface area contributed by atoms with Gasteiger partial charge in [0.05, 0.1) is 11.6 Å². The highest BCUT2D eigenvalue weighted by Gasteiger charge is 2.15. The third-order valence-corrected chi connectivity index (χ3v) is 4.25. The van der Waals surface area contributed by atoms with Crippen LogP contribution >= 0.6 is 0 Å². The van der Waals surface area contributed by atoms with Crippen molar-refractivity contribution in [1.29, 1.82) is 0 Å². The summed E-state index contributed by atoms with van der Waals surface area (Å²) in [5.41, 5.74) is 1.09. The smallest absolute Gasteiger partial charge is 0.262 e. The van der Waals surface area contributed by atoms with Crippen LogP contribution in [0.2, 0.25) is 0 Å². The van der Waals surface area contributed by atoms with Crippen molar-refractivity contribution in [3.05, 3.63) is 52.3 Å². The predicted molar refractivity (Wildman–Crippen MR) is 93.9 cm³/mol. The zero-order chi connectivity index (χ0) is 16.4. The maximum atomic E-state index is 12.6. The molecule has 1 saturated heterocycles. The quantitative estimate of drug-likeness (QED) is 0.802. The summed E-state index contributed by atoms with van der Waals surface area (Å²) in [5, 5.41) is 0.501. The molecule has 1 N–H and O–H groups in total. The topological polar surface area (TPSA) is 75.0 Å². The molecule has 0 unspecified atom stereocenters. The van der Waals surface area contributed by atoms with Crippen LogP contribution in [0.15, 0.2) is 39.9 Å². The van der Waals surface area contributed by atoms with Gasteiger partial charge in [0.2, 0.25) is 5.95 Å². The number of fused-ring (bicyclic) bond motifs is 1. The molecular weight excluding hydrogens is 304 g/mol. The lowest BCUT2D eigenvalue weighted by atomic mass is 10.1. The summed E-state index contributed by atoms with van der Waals surface area (Å²) >= 11 is 0. The zero-order valence-electron chi connectivity index (χ0n) is 13.2. The first-order chi connectivity index (χ1) is 11.8. The number of nitrogens with zero attached hydrogens (tertiary/aromatic N) is 3. The van der Waals surface area contributed by atoms with Crippen LogP contribution in [0.1, 0.15) is 30.6 Å². The second kappa shape index (κ2) is 6.31. The van der Waals surface area contributed by atoms with Crippen LogP contribution in [0.25, 0.3) is 23.2 Å². The first kappa shape index (κ1) is 14.7. The monoisotopic (exact) mass is 322 g/mol. The van der Waals surface area contributed by atoms with E-state index in [1.54, 1.807) is 18.5 Å². The first-order valence-corrected chi connectivity index (χ1v) is 8.17. The van der Waals surface area contributed by atoms with E-state index in [0.29, 0.717) is 17.0 Å². The van der Waals surface area contributed by atoms with Gasteiger partial charge in [0, 0.05) is 19.3 Å². The van der Waals surface area contributed by atoms with Gasteiger partial charge in [-0.15, -0.1) is 0 Å². The normalized spacial score (nSPS) is 15.4. The number of anilines is 1. The largest absolute Gasteiger partial charge is 0.465 e. The van der Waals surface area contributed by atoms with Crippen molar-refractivity contribution in [3.8, 4) is 0 Å². The third kappa shape index (κ3) is 2.82. The van der Waals surface area contributed by atoms with Crippen LogP contribution in [0.3, 0.4) is 0 Å². The van der Waals surface area contributed by atoms with Crippen molar-refractivity contribution in [2.75, 3.05) is 18.0 Å². The Kier molecular flexibility index (Phi) is 3.86. The number of rotatable bonds is 3. The van der Waals surface area contributed by atoms with Gasteiger partial charge in [-0.2, -0.15) is 4.98 Å². The lowest BCUT2D eigenvalue weighted by molar-refractivity contribution is 0.557. The summed E-state index contributed by atoms with van der Waals surface area (Å²) in [7, 11) is 0. The van der Waals surface area contributed by atoms with Crippen molar-refractivity contribution in [2.24, 2.45) is 0 Å². The molecule has 3 aromatic heterocycles. The molecule has 0 bridgehead atoms. The molecule has 6 heteroatoms. The second-order valence-electron chi connectivity index (χ2n) is 5.88. The van der Waals surface area contributed by atoms with E-state index in [2.05, 4.69) is 19.9 Å². The van der Waals surface area contributed by atoms with E-state index in [9.17, 15) is 4.79 Å². The summed E-state index contributed by atoms with van der Waals surface area (Å²) in [4.78, 5) is 26.5. The minimum absolute atomic E-state index is 0.159. The maximum absolute atomic E-state index is 12.6. The number of H-pyrrole nitrogens is 1. The molecule has 0 atom stereocenters. The Morgan fingerprint density at radius 1 is 1.17 bits per heavy atom. The molecule has 1 fully saturated rings. The highest BCUT2D eigenvalue weighted by Crippen LogP contribution is 2.19. The van der Waals surface area contributed by atoms with Gasteiger partial charge in [-0.1, -0.05) is 6.08 Å². The first-order valence-electron chi connectivity index (χ1n) is 8.17. The molecule has 1 aliphatic rings. The fourth-order valence-corrected chi connectivity index (χ4v) is 3.03. The second-order valence-corrected chi connectivity index (χ2v) is 5.88. The fourth-order valence-electron chi connectivity index (χ4n) is 3.03. The van der Waals surface area contributed by atoms with Crippen molar-refractivity contribution < 1.29 is 4.42 Å². The molecule has 0 spiro atoms. The van der Waals surface area contributed by atoms with E-state index < -0.39 is 0 Å². The van der Waals surface area contributed by atoms with E-state index in [-0.39, 0.29) is 5.56 Å². The molecule has 0 aliphatic carbocycles. The van der Waals surface area contributed by atoms with Crippen molar-refractivity contribution in [3.63, 3.8) is 0 Å². The predicted octanol–water partition coefficient (Wildman–Crippen LogP) is 3.07. The number of piperidine rings is 1. The number of aromatic nitrogens is 3. The molecular formula is C18H18N4O2. The van der Waals surface area contributed by atoms with Crippen LogP contribution in [0.5, 0.6) is 0 Å². The molecule has 0 saturated carbocycles. The molecule has 0 radical (unpaired) electrons. The minimum atomic E-state index is -0.159. The molecule has 3 aromatic rings. The SMILES string of the molecule is O=c1[nH]c(N2CCCCC2)nc2nccc(C=Cc3ccco3)c12. The number of hydrogen-bond acceptors (Lipinski definition) is 5. The van der Waals surface area contributed by atoms with Crippen LogP contribution in [0.4, 0.5) is 5.95 Å². The van der Waals surface area contributed by atoms with Gasteiger partial charge < -0.3 is 9.32 Å². The van der Waals surface area contributed by atoms with E-state index >= 15 is 0 Å². The summed E-state index contributed by atoms with van der Waals surface area (Å²) in [6, 6.07) is 5.49. The number of aromatic amines is 1. The summed E-state index contributed by atoms with van der Waals surface area (Å²) < 4.78 is 5.29. The van der Waals surface area contributed by atoms with Gasteiger partial charge in [-0.25, -0.2) is 4.98 Å². The van der Waals surface area contributed by atoms with Gasteiger partial charge in [-0.3, -0.25) is 9.78 Å². The zero-order valence-corrected chi connectivity index (χ0v) is 13.2. The highest BCUT2D eigenvalue weighted by atomic mass is 16.3. The Balaban J connectivity index is 1.75. The van der Waals surface area contributed by atoms with Crippen LogP contribution in [0, 0.1) is 0 Å². The van der Waals surface area contributed by atoms with Crippen molar-refractivity contribution >= 4 is 29.1 Å². The molecule has 0 aromatic carbocycles. The van der Waals surface area contributed by atoms with Gasteiger partial charge in [0.15, 0.2) is 5.65 Å². The van der Waals surface area contributed by atoms with Gasteiger partial charge in [-0.05, 0) is 49.1 Å². The average Bonchev–Trinajstić information content (AvgIpc) is 3.14. The van der Waals surface area contributed by atoms with Gasteiger partial charge >= 0.3 is 0 Å². The van der Waals surface area contributed by atoms with Crippen LogP contribution < -0.4 is 10.5 Å². The Labute approximate surface area is 138 Å². The Hall–Kier alpha value is -2.89. The molecule has 1 aliphatic heterocycles. The highest BCUT2D eigenvalue weighted by molar-refractivity contribution is 5.87. The number of pyridine rings is 1. The molecule has 4 heterocycles. The van der Waals surface area contributed by atoms with Crippen LogP contribution in [-0.2, 0) is 0 Å². The van der Waals surface area contributed by atoms with Crippen LogP contribution in [-0.4, -0.2) is 28.0 Å². The molecule has 4 rings (SSSR count). The van der Waals surface area contributed by atoms with E-state index in [4.69, 9.17) is 4.42 Å². The molecule has 24 heavy (non-hydrogen) atoms. The maximum Gasteiger partial charge on any atom is 0.262 e. The number of hydrogen-bond donors (Lipinski definition) is 1. The summed E-state index contributed by atoms with van der Waals surface area (Å²) in [6.45, 7) is 1.85. The molecule has 6 nitrogen and oxygen atoms in total. The Morgan fingerprint density at radius 3 is 2.83 bits per heavy atom. The van der Waals surface area contributed by atoms with E-state index in [0.717, 1.165) is 37.3 Å². The minimum Gasteiger partial charge on any atom is -0.465 e. The van der Waals surface area contributed by atoms with Crippen molar-refractivity contribution in [2.45, 2.75) is 19.3 Å². The van der Waals surface area contributed by atoms with Crippen molar-refractivity contribution in [1.82, 2.24) is 15.0 Å². The lowest BCUT2D eigenvalue weighted by Crippen LogP contribution is -2.32. The summed E-state index contributed by atoms with van der Waals surface area (Å²) in [5.74, 6) is 1.35. The lowest BCUT2D eigenvalue weighted by Gasteiger charge is -2.26. The van der Waals surface area contributed by atoms with E-state index in [1.807, 2.05) is 24.3 Å². The third-order valence-electron chi connectivity index (χ3n) is 4.25. The molecule has 0 amide bonds. The standard InChI is InChI=1S/C18H18N4O2/c23-17-15-13(6-7-14-5-4-12-24-14)8-9-19-16(15)20-18(21-17)22-10-2-1-3-11-22/h4-9,12H,1-3,10-11H2,(H,19,20,21,23). The average molecular weight is 322 g/mol. The number of furan rings is 1. The fraction of sp³-hybridized carbons (Fsp3) is 0.278. The molecule has 122 valence electrons. The van der Waals surface area contributed by atoms with Gasteiger partial charge in [0.25, 0.3) is 5.56 Å². The number of nitrogens with one attached hydrogen (secondary N) is 1. The van der Waals surface area contributed by atoms with Gasteiger partial charge in [0.1, 0.15) is 5.76 Å².